The fourth-order valence-corrected chi connectivity index (χ4v) is 3.42. The van der Waals surface area contributed by atoms with Crippen LogP contribution in [0.3, 0.4) is 0 Å². The molecular weight excluding hydrogens is 282 g/mol. The second-order valence-electron chi connectivity index (χ2n) is 5.18. The number of hydrogen-bond acceptors (Lipinski definition) is 4. The van der Waals surface area contributed by atoms with Crippen molar-refractivity contribution in [3.05, 3.63) is 52.0 Å². The number of nitrogens with one attached hydrogen (secondary N) is 1. The SMILES string of the molecule is O=C(CNCCc1ccccn1)N1CCc2sccc2C1. The zero-order valence-electron chi connectivity index (χ0n) is 11.9. The largest absolute Gasteiger partial charge is 0.337 e. The molecule has 0 unspecified atom stereocenters. The fourth-order valence-electron chi connectivity index (χ4n) is 2.53. The van der Waals surface area contributed by atoms with Gasteiger partial charge in [-0.2, -0.15) is 0 Å². The van der Waals surface area contributed by atoms with E-state index in [1.807, 2.05) is 23.1 Å². The van der Waals surface area contributed by atoms with Gasteiger partial charge in [-0.05, 0) is 35.6 Å². The number of amides is 1. The van der Waals surface area contributed by atoms with E-state index in [9.17, 15) is 4.79 Å². The van der Waals surface area contributed by atoms with Crippen LogP contribution in [0.5, 0.6) is 0 Å². The smallest absolute Gasteiger partial charge is 0.236 e. The van der Waals surface area contributed by atoms with Crippen molar-refractivity contribution in [2.45, 2.75) is 19.4 Å². The van der Waals surface area contributed by atoms with Gasteiger partial charge in [0.05, 0.1) is 6.54 Å². The molecule has 3 heterocycles. The summed E-state index contributed by atoms with van der Waals surface area (Å²) in [5, 5.41) is 5.33. The third-order valence-electron chi connectivity index (χ3n) is 3.72. The molecule has 5 heteroatoms. The highest BCUT2D eigenvalue weighted by Gasteiger charge is 2.20. The molecule has 0 fully saturated rings. The summed E-state index contributed by atoms with van der Waals surface area (Å²) in [6.45, 7) is 2.79. The highest BCUT2D eigenvalue weighted by atomic mass is 32.1. The molecule has 0 atom stereocenters. The number of nitrogens with zero attached hydrogens (tertiary/aromatic N) is 2. The van der Waals surface area contributed by atoms with Crippen LogP contribution in [0.4, 0.5) is 0 Å². The van der Waals surface area contributed by atoms with Crippen LogP contribution in [-0.4, -0.2) is 35.4 Å². The average Bonchev–Trinajstić information content (AvgIpc) is 3.00. The third kappa shape index (κ3) is 3.68. The molecular formula is C16H19N3OS. The van der Waals surface area contributed by atoms with Gasteiger partial charge in [0, 0.05) is 42.8 Å². The van der Waals surface area contributed by atoms with E-state index in [1.165, 1.54) is 10.4 Å². The molecule has 21 heavy (non-hydrogen) atoms. The summed E-state index contributed by atoms with van der Waals surface area (Å²) in [6, 6.07) is 8.04. The summed E-state index contributed by atoms with van der Waals surface area (Å²) in [5.41, 5.74) is 2.37. The Morgan fingerprint density at radius 3 is 3.19 bits per heavy atom. The summed E-state index contributed by atoms with van der Waals surface area (Å²) in [7, 11) is 0. The van der Waals surface area contributed by atoms with Crippen LogP contribution in [0, 0.1) is 0 Å². The second kappa shape index (κ2) is 6.83. The summed E-state index contributed by atoms with van der Waals surface area (Å²) < 4.78 is 0. The molecule has 1 N–H and O–H groups in total. The topological polar surface area (TPSA) is 45.2 Å². The van der Waals surface area contributed by atoms with Crippen LogP contribution < -0.4 is 5.32 Å². The molecule has 0 saturated carbocycles. The summed E-state index contributed by atoms with van der Waals surface area (Å²) in [4.78, 5) is 19.8. The maximum atomic E-state index is 12.2. The van der Waals surface area contributed by atoms with Gasteiger partial charge >= 0.3 is 0 Å². The van der Waals surface area contributed by atoms with Crippen molar-refractivity contribution < 1.29 is 4.79 Å². The summed E-state index contributed by atoms with van der Waals surface area (Å²) in [6.07, 6.45) is 3.64. The summed E-state index contributed by atoms with van der Waals surface area (Å²) in [5.74, 6) is 0.188. The van der Waals surface area contributed by atoms with Gasteiger partial charge in [0.25, 0.3) is 0 Å². The van der Waals surface area contributed by atoms with Crippen molar-refractivity contribution in [3.63, 3.8) is 0 Å². The predicted octanol–water partition coefficient (Wildman–Crippen LogP) is 1.86. The molecule has 110 valence electrons. The standard InChI is InChI=1S/C16H19N3OS/c20-16(11-17-8-4-14-3-1-2-7-18-14)19-9-5-15-13(12-19)6-10-21-15/h1-3,6-7,10,17H,4-5,8-9,11-12H2. The molecule has 0 radical (unpaired) electrons. The molecule has 0 bridgehead atoms. The van der Waals surface area contributed by atoms with E-state index in [2.05, 4.69) is 21.7 Å². The van der Waals surface area contributed by atoms with Gasteiger partial charge in [0.15, 0.2) is 0 Å². The molecule has 0 saturated heterocycles. The van der Waals surface area contributed by atoms with Gasteiger partial charge in [-0.3, -0.25) is 9.78 Å². The van der Waals surface area contributed by atoms with Crippen molar-refractivity contribution in [1.82, 2.24) is 15.2 Å². The maximum Gasteiger partial charge on any atom is 0.236 e. The first kappa shape index (κ1) is 14.2. The minimum Gasteiger partial charge on any atom is -0.337 e. The van der Waals surface area contributed by atoms with E-state index in [4.69, 9.17) is 0 Å². The highest BCUT2D eigenvalue weighted by molar-refractivity contribution is 7.10. The lowest BCUT2D eigenvalue weighted by atomic mass is 10.1. The molecule has 0 aliphatic carbocycles. The quantitative estimate of drug-likeness (QED) is 0.858. The zero-order valence-corrected chi connectivity index (χ0v) is 12.7. The number of hydrogen-bond donors (Lipinski definition) is 1. The molecule has 1 amide bonds. The van der Waals surface area contributed by atoms with Crippen molar-refractivity contribution in [2.75, 3.05) is 19.6 Å². The Kier molecular flexibility index (Phi) is 4.62. The monoisotopic (exact) mass is 301 g/mol. The van der Waals surface area contributed by atoms with Gasteiger partial charge in [0.1, 0.15) is 0 Å². The number of thiophene rings is 1. The van der Waals surface area contributed by atoms with Crippen LogP contribution in [0.15, 0.2) is 35.8 Å². The Balaban J connectivity index is 1.41. The number of carbonyl (C=O) groups excluding carboxylic acids is 1. The minimum absolute atomic E-state index is 0.188. The number of carbonyl (C=O) groups is 1. The summed E-state index contributed by atoms with van der Waals surface area (Å²) >= 11 is 1.80. The number of fused-ring (bicyclic) bond motifs is 1. The number of rotatable bonds is 5. The molecule has 4 nitrogen and oxygen atoms in total. The van der Waals surface area contributed by atoms with Gasteiger partial charge in [-0.15, -0.1) is 11.3 Å². The maximum absolute atomic E-state index is 12.2. The lowest BCUT2D eigenvalue weighted by molar-refractivity contribution is -0.131. The van der Waals surface area contributed by atoms with E-state index in [-0.39, 0.29) is 5.91 Å². The minimum atomic E-state index is 0.188. The molecule has 2 aromatic rings. The van der Waals surface area contributed by atoms with Crippen molar-refractivity contribution >= 4 is 17.2 Å². The van der Waals surface area contributed by atoms with Gasteiger partial charge in [-0.25, -0.2) is 0 Å². The Bertz CT molecular complexity index is 597. The van der Waals surface area contributed by atoms with E-state index in [1.54, 1.807) is 17.5 Å². The molecule has 1 aliphatic heterocycles. The zero-order chi connectivity index (χ0) is 14.5. The first-order chi connectivity index (χ1) is 10.3. The van der Waals surface area contributed by atoms with Crippen molar-refractivity contribution in [2.24, 2.45) is 0 Å². The fraction of sp³-hybridized carbons (Fsp3) is 0.375. The van der Waals surface area contributed by atoms with Crippen molar-refractivity contribution in [3.8, 4) is 0 Å². The molecule has 0 aromatic carbocycles. The second-order valence-corrected chi connectivity index (χ2v) is 6.18. The Labute approximate surface area is 128 Å². The first-order valence-electron chi connectivity index (χ1n) is 7.26. The van der Waals surface area contributed by atoms with Gasteiger partial charge in [-0.1, -0.05) is 6.07 Å². The van der Waals surface area contributed by atoms with E-state index in [0.717, 1.165) is 38.2 Å². The normalized spacial score (nSPS) is 14.0. The van der Waals surface area contributed by atoms with Crippen LogP contribution in [0.25, 0.3) is 0 Å². The molecule has 1 aliphatic rings. The Hall–Kier alpha value is -1.72. The predicted molar refractivity (Wildman–Crippen MR) is 84.3 cm³/mol. The van der Waals surface area contributed by atoms with Gasteiger partial charge in [0.2, 0.25) is 5.91 Å². The Morgan fingerprint density at radius 2 is 2.33 bits per heavy atom. The van der Waals surface area contributed by atoms with Gasteiger partial charge < -0.3 is 10.2 Å². The van der Waals surface area contributed by atoms with E-state index < -0.39 is 0 Å². The molecule has 2 aromatic heterocycles. The lowest BCUT2D eigenvalue weighted by Gasteiger charge is -2.27. The van der Waals surface area contributed by atoms with Crippen LogP contribution in [0.2, 0.25) is 0 Å². The highest BCUT2D eigenvalue weighted by Crippen LogP contribution is 2.23. The van der Waals surface area contributed by atoms with Crippen LogP contribution >= 0.6 is 11.3 Å². The van der Waals surface area contributed by atoms with Crippen molar-refractivity contribution in [1.29, 1.82) is 0 Å². The average molecular weight is 301 g/mol. The molecule has 0 spiro atoms. The van der Waals surface area contributed by atoms with Crippen LogP contribution in [-0.2, 0) is 24.2 Å². The van der Waals surface area contributed by atoms with E-state index in [0.29, 0.717) is 6.54 Å². The first-order valence-corrected chi connectivity index (χ1v) is 8.14. The number of pyridine rings is 1. The molecule has 3 rings (SSSR count). The van der Waals surface area contributed by atoms with E-state index >= 15 is 0 Å². The number of aromatic nitrogens is 1. The Morgan fingerprint density at radius 1 is 1.38 bits per heavy atom. The lowest BCUT2D eigenvalue weighted by Crippen LogP contribution is -2.41. The van der Waals surface area contributed by atoms with Crippen LogP contribution in [0.1, 0.15) is 16.1 Å². The third-order valence-corrected chi connectivity index (χ3v) is 4.74.